The van der Waals surface area contributed by atoms with Crippen LogP contribution < -0.4 is 31.9 Å². The maximum atomic E-state index is 14.6. The number of ether oxygens (including phenoxy) is 1. The Morgan fingerprint density at radius 3 is 1.85 bits per heavy atom. The highest BCUT2D eigenvalue weighted by Gasteiger charge is 2.43. The van der Waals surface area contributed by atoms with Gasteiger partial charge in [-0.25, -0.2) is 4.79 Å². The van der Waals surface area contributed by atoms with Gasteiger partial charge in [-0.15, -0.1) is 0 Å². The number of carbonyl (C=O) groups is 8. The SMILES string of the molecule is CC(C)CCCC(=O)NC(C(=O)NC1C(=O)NC(Cc2ccccc2)C(=O)N2CCCC2C(=O)NC(C(C)C)C(=O)NC(C(C)C)C(=O)NC(C(C)C)C(=O)OC1C)C(C)C. The summed E-state index contributed by atoms with van der Waals surface area (Å²) in [6.07, 6.45) is 1.08. The molecule has 61 heavy (non-hydrogen) atoms. The van der Waals surface area contributed by atoms with Gasteiger partial charge in [0, 0.05) is 19.4 Å². The third-order valence-electron chi connectivity index (χ3n) is 11.3. The van der Waals surface area contributed by atoms with E-state index in [1.54, 1.807) is 79.7 Å². The van der Waals surface area contributed by atoms with Gasteiger partial charge >= 0.3 is 5.97 Å². The van der Waals surface area contributed by atoms with Crippen molar-refractivity contribution >= 4 is 47.3 Å². The average molecular weight is 854 g/mol. The Bertz CT molecular complexity index is 1700. The number of benzene rings is 1. The second kappa shape index (κ2) is 23.3. The van der Waals surface area contributed by atoms with Gasteiger partial charge in [-0.05, 0) is 61.3 Å². The molecular formula is C45H71N7O9. The molecule has 1 aromatic carbocycles. The highest BCUT2D eigenvalue weighted by Crippen LogP contribution is 2.22. The molecular weight excluding hydrogens is 783 g/mol. The number of carbonyl (C=O) groups excluding carboxylic acids is 8. The number of nitrogens with one attached hydrogen (secondary N) is 6. The Morgan fingerprint density at radius 2 is 1.31 bits per heavy atom. The Kier molecular flexibility index (Phi) is 19.2. The normalized spacial score (nSPS) is 25.5. The van der Waals surface area contributed by atoms with Gasteiger partial charge in [-0.1, -0.05) is 106 Å². The lowest BCUT2D eigenvalue weighted by Gasteiger charge is -2.32. The van der Waals surface area contributed by atoms with E-state index in [0.29, 0.717) is 30.7 Å². The number of hydrogen-bond donors (Lipinski definition) is 6. The highest BCUT2D eigenvalue weighted by atomic mass is 16.5. The molecule has 2 aliphatic heterocycles. The van der Waals surface area contributed by atoms with E-state index < -0.39 is 113 Å². The van der Waals surface area contributed by atoms with Gasteiger partial charge in [0.2, 0.25) is 41.4 Å². The van der Waals surface area contributed by atoms with E-state index in [-0.39, 0.29) is 25.3 Å². The van der Waals surface area contributed by atoms with Crippen molar-refractivity contribution in [1.82, 2.24) is 36.8 Å². The minimum absolute atomic E-state index is 0.0151. The van der Waals surface area contributed by atoms with Gasteiger partial charge in [0.05, 0.1) is 0 Å². The average Bonchev–Trinajstić information content (AvgIpc) is 3.68. The summed E-state index contributed by atoms with van der Waals surface area (Å²) in [5.74, 6) is -6.58. The first-order chi connectivity index (χ1) is 28.6. The Hall–Kier alpha value is -5.02. The maximum absolute atomic E-state index is 14.6. The molecule has 3 rings (SSSR count). The number of nitrogens with zero attached hydrogens (tertiary/aromatic N) is 1. The van der Waals surface area contributed by atoms with Crippen LogP contribution in [-0.2, 0) is 49.5 Å². The number of rotatable bonds is 13. The topological polar surface area (TPSA) is 221 Å². The molecule has 0 radical (unpaired) electrons. The fourth-order valence-electron chi connectivity index (χ4n) is 7.53. The van der Waals surface area contributed by atoms with Crippen molar-refractivity contribution in [3.05, 3.63) is 35.9 Å². The molecule has 0 aliphatic carbocycles. The van der Waals surface area contributed by atoms with Gasteiger partial charge < -0.3 is 41.5 Å². The lowest BCUT2D eigenvalue weighted by atomic mass is 9.98. The zero-order chi connectivity index (χ0) is 45.7. The number of cyclic esters (lactones) is 1. The van der Waals surface area contributed by atoms with Crippen molar-refractivity contribution in [3.63, 3.8) is 0 Å². The lowest BCUT2D eigenvalue weighted by molar-refractivity contribution is -0.157. The molecule has 1 aromatic rings. The van der Waals surface area contributed by atoms with Gasteiger partial charge in [-0.2, -0.15) is 0 Å². The second-order valence-corrected chi connectivity index (χ2v) is 18.3. The van der Waals surface area contributed by atoms with Crippen LogP contribution in [0, 0.1) is 29.6 Å². The third-order valence-corrected chi connectivity index (χ3v) is 11.3. The zero-order valence-corrected chi connectivity index (χ0v) is 38.0. The molecule has 0 bridgehead atoms. The molecule has 2 fully saturated rings. The van der Waals surface area contributed by atoms with Crippen molar-refractivity contribution in [1.29, 1.82) is 0 Å². The van der Waals surface area contributed by atoms with Crippen molar-refractivity contribution in [2.24, 2.45) is 29.6 Å². The molecule has 16 heteroatoms. The first-order valence-electron chi connectivity index (χ1n) is 22.0. The predicted molar refractivity (Wildman–Crippen MR) is 230 cm³/mol. The summed E-state index contributed by atoms with van der Waals surface area (Å²) in [5, 5.41) is 16.6. The van der Waals surface area contributed by atoms with E-state index in [9.17, 15) is 38.4 Å². The standard InChI is InChI=1S/C45H71N7O9/c1-24(2)17-15-21-33(53)47-34(25(3)4)40(55)51-38-29(11)61-45(60)37(28(9)10)50-42(57)36(27(7)8)49-41(56)35(26(5)6)48-39(54)32-20-16-22-52(32)44(59)31(46-43(38)58)23-30-18-13-12-14-19-30/h12-14,18-19,24-29,31-32,34-38H,15-17,20-23H2,1-11H3,(H,46,58)(H,47,53)(H,48,54)(H,49,56)(H,50,57)(H,51,55). The van der Waals surface area contributed by atoms with Crippen LogP contribution in [0.4, 0.5) is 0 Å². The first-order valence-corrected chi connectivity index (χ1v) is 22.0. The van der Waals surface area contributed by atoms with E-state index in [0.717, 1.165) is 6.42 Å². The van der Waals surface area contributed by atoms with Gasteiger partial charge in [0.25, 0.3) is 0 Å². The summed E-state index contributed by atoms with van der Waals surface area (Å²) < 4.78 is 5.89. The van der Waals surface area contributed by atoms with Crippen LogP contribution in [0.15, 0.2) is 30.3 Å². The molecule has 2 heterocycles. The van der Waals surface area contributed by atoms with E-state index in [1.165, 1.54) is 11.8 Å². The molecule has 0 aromatic heterocycles. The van der Waals surface area contributed by atoms with Crippen molar-refractivity contribution < 1.29 is 43.1 Å². The zero-order valence-electron chi connectivity index (χ0n) is 38.0. The first kappa shape index (κ1) is 50.3. The molecule has 0 spiro atoms. The molecule has 2 saturated heterocycles. The number of hydrogen-bond acceptors (Lipinski definition) is 9. The van der Waals surface area contributed by atoms with E-state index in [2.05, 4.69) is 45.7 Å². The summed E-state index contributed by atoms with van der Waals surface area (Å²) in [5.41, 5.74) is 0.701. The second-order valence-electron chi connectivity index (χ2n) is 18.3. The Labute approximate surface area is 361 Å². The molecule has 2 aliphatic rings. The van der Waals surface area contributed by atoms with Gasteiger partial charge in [0.15, 0.2) is 0 Å². The monoisotopic (exact) mass is 854 g/mol. The largest absolute Gasteiger partial charge is 0.458 e. The lowest BCUT2D eigenvalue weighted by Crippen LogP contribution is -2.62. The Morgan fingerprint density at radius 1 is 0.754 bits per heavy atom. The molecule has 340 valence electrons. The van der Waals surface area contributed by atoms with Crippen LogP contribution in [0.3, 0.4) is 0 Å². The smallest absolute Gasteiger partial charge is 0.329 e. The van der Waals surface area contributed by atoms with Crippen LogP contribution in [0.1, 0.15) is 114 Å². The molecule has 6 N–H and O–H groups in total. The Balaban J connectivity index is 2.14. The van der Waals surface area contributed by atoms with E-state index in [4.69, 9.17) is 4.74 Å². The van der Waals surface area contributed by atoms with Crippen molar-refractivity contribution in [2.45, 2.75) is 163 Å². The predicted octanol–water partition coefficient (Wildman–Crippen LogP) is 2.52. The van der Waals surface area contributed by atoms with Crippen LogP contribution in [0.2, 0.25) is 0 Å². The summed E-state index contributed by atoms with van der Waals surface area (Å²) in [7, 11) is 0. The minimum atomic E-state index is -1.58. The van der Waals surface area contributed by atoms with E-state index >= 15 is 0 Å². The molecule has 0 saturated carbocycles. The summed E-state index contributed by atoms with van der Waals surface area (Å²) in [4.78, 5) is 113. The van der Waals surface area contributed by atoms with E-state index in [1.807, 2.05) is 6.07 Å². The molecule has 7 amide bonds. The summed E-state index contributed by atoms with van der Waals surface area (Å²) in [6.45, 7) is 19.6. The van der Waals surface area contributed by atoms with Crippen LogP contribution in [0.5, 0.6) is 0 Å². The fraction of sp³-hybridized carbons (Fsp3) is 0.689. The number of esters is 1. The molecule has 16 nitrogen and oxygen atoms in total. The summed E-state index contributed by atoms with van der Waals surface area (Å²) in [6, 6.07) is 0.669. The number of amides is 7. The number of fused-ring (bicyclic) bond motifs is 1. The fourth-order valence-corrected chi connectivity index (χ4v) is 7.53. The highest BCUT2D eigenvalue weighted by molar-refractivity contribution is 5.98. The van der Waals surface area contributed by atoms with Crippen LogP contribution >= 0.6 is 0 Å². The van der Waals surface area contributed by atoms with Crippen LogP contribution in [0.25, 0.3) is 0 Å². The van der Waals surface area contributed by atoms with Gasteiger partial charge in [0.1, 0.15) is 48.4 Å². The van der Waals surface area contributed by atoms with Crippen LogP contribution in [-0.4, -0.2) is 107 Å². The van der Waals surface area contributed by atoms with Crippen molar-refractivity contribution in [2.75, 3.05) is 6.54 Å². The molecule has 8 atom stereocenters. The maximum Gasteiger partial charge on any atom is 0.329 e. The summed E-state index contributed by atoms with van der Waals surface area (Å²) >= 11 is 0. The minimum Gasteiger partial charge on any atom is -0.458 e. The van der Waals surface area contributed by atoms with Gasteiger partial charge in [-0.3, -0.25) is 33.6 Å². The molecule has 8 unspecified atom stereocenters. The quantitative estimate of drug-likeness (QED) is 0.160. The third kappa shape index (κ3) is 14.6. The van der Waals surface area contributed by atoms with Crippen molar-refractivity contribution in [3.8, 4) is 0 Å².